The number of aryl methyl sites for hydroxylation is 1. The molecular weight excluding hydrogens is 146 g/mol. The van der Waals surface area contributed by atoms with Gasteiger partial charge in [-0.1, -0.05) is 31.2 Å². The van der Waals surface area contributed by atoms with Crippen LogP contribution in [0.3, 0.4) is 0 Å². The molecule has 0 amide bonds. The monoisotopic (exact) mass is 159 g/mol. The summed E-state index contributed by atoms with van der Waals surface area (Å²) in [5.74, 6) is 0. The van der Waals surface area contributed by atoms with Gasteiger partial charge in [-0.2, -0.15) is 0 Å². The van der Waals surface area contributed by atoms with Gasteiger partial charge in [0, 0.05) is 12.4 Å². The molecule has 1 aromatic heterocycles. The Morgan fingerprint density at radius 3 is 2.58 bits per heavy atom. The lowest BCUT2D eigenvalue weighted by Crippen LogP contribution is -1.72. The molecule has 1 rings (SSSR count). The largest absolute Gasteiger partial charge is 0.265 e. The van der Waals surface area contributed by atoms with E-state index in [-0.39, 0.29) is 0 Å². The molecule has 0 radical (unpaired) electrons. The van der Waals surface area contributed by atoms with Crippen LogP contribution in [0.2, 0.25) is 0 Å². The molecule has 0 saturated carbocycles. The third-order valence-electron chi connectivity index (χ3n) is 1.60. The zero-order valence-corrected chi connectivity index (χ0v) is 7.27. The maximum absolute atomic E-state index is 4.03. The SMILES string of the molecule is CCc1cccccnccc1. The minimum Gasteiger partial charge on any atom is -0.265 e. The highest BCUT2D eigenvalue weighted by Crippen LogP contribution is 1.93. The van der Waals surface area contributed by atoms with Crippen molar-refractivity contribution >= 4 is 0 Å². The third-order valence-corrected chi connectivity index (χ3v) is 1.60. The highest BCUT2D eigenvalue weighted by atomic mass is 14.6. The van der Waals surface area contributed by atoms with E-state index >= 15 is 0 Å². The number of nitrogens with zero attached hydrogens (tertiary/aromatic N) is 1. The Bertz CT molecular complexity index is 255. The fourth-order valence-electron chi connectivity index (χ4n) is 0.900. The molecule has 1 aromatic rings. The Kier molecular flexibility index (Phi) is 3.86. The van der Waals surface area contributed by atoms with E-state index in [1.807, 2.05) is 24.3 Å². The van der Waals surface area contributed by atoms with Gasteiger partial charge in [-0.05, 0) is 24.1 Å². The Labute approximate surface area is 73.4 Å². The van der Waals surface area contributed by atoms with Gasteiger partial charge in [-0.3, -0.25) is 4.98 Å². The smallest absolute Gasteiger partial charge is 0.0267 e. The molecule has 1 nitrogen and oxygen atoms in total. The summed E-state index contributed by atoms with van der Waals surface area (Å²) >= 11 is 0. The Morgan fingerprint density at radius 2 is 1.75 bits per heavy atom. The average Bonchev–Trinajstić information content (AvgIpc) is 2.14. The van der Waals surface area contributed by atoms with E-state index in [2.05, 4.69) is 24.0 Å². The Balaban J connectivity index is 3.07. The van der Waals surface area contributed by atoms with Crippen molar-refractivity contribution in [3.05, 3.63) is 54.4 Å². The highest BCUT2D eigenvalue weighted by molar-refractivity contribution is 5.09. The molecule has 1 heteroatoms. The summed E-state index contributed by atoms with van der Waals surface area (Å²) in [6.45, 7) is 2.14. The van der Waals surface area contributed by atoms with Crippen molar-refractivity contribution in [1.29, 1.82) is 0 Å². The summed E-state index contributed by atoms with van der Waals surface area (Å²) < 4.78 is 0. The van der Waals surface area contributed by atoms with E-state index in [0.717, 1.165) is 6.42 Å². The van der Waals surface area contributed by atoms with Crippen LogP contribution >= 0.6 is 0 Å². The second-order valence-electron chi connectivity index (χ2n) is 2.48. The van der Waals surface area contributed by atoms with Crippen molar-refractivity contribution in [2.75, 3.05) is 0 Å². The van der Waals surface area contributed by atoms with Gasteiger partial charge in [-0.15, -0.1) is 0 Å². The normalized spacial score (nSPS) is 8.75. The van der Waals surface area contributed by atoms with Crippen molar-refractivity contribution in [1.82, 2.24) is 4.98 Å². The first kappa shape index (κ1) is 8.72. The number of aromatic nitrogens is 1. The van der Waals surface area contributed by atoms with Crippen molar-refractivity contribution in [3.63, 3.8) is 0 Å². The van der Waals surface area contributed by atoms with E-state index < -0.39 is 0 Å². The molecule has 0 fully saturated rings. The number of hydrogen-bond donors (Lipinski definition) is 0. The molecule has 0 aromatic carbocycles. The summed E-state index contributed by atoms with van der Waals surface area (Å²) in [6.07, 6.45) is 4.61. The lowest BCUT2D eigenvalue weighted by atomic mass is 10.2. The maximum atomic E-state index is 4.03. The Hall–Kier alpha value is -1.37. The van der Waals surface area contributed by atoms with Gasteiger partial charge in [0.25, 0.3) is 0 Å². The topological polar surface area (TPSA) is 12.9 Å². The number of hydrogen-bond acceptors (Lipinski definition) is 1. The minimum atomic E-state index is 1.05. The van der Waals surface area contributed by atoms with Crippen molar-refractivity contribution < 1.29 is 0 Å². The Morgan fingerprint density at radius 1 is 1.00 bits per heavy atom. The summed E-state index contributed by atoms with van der Waals surface area (Å²) in [7, 11) is 0. The van der Waals surface area contributed by atoms with E-state index in [1.54, 1.807) is 12.4 Å². The van der Waals surface area contributed by atoms with Gasteiger partial charge in [0.05, 0.1) is 0 Å². The van der Waals surface area contributed by atoms with Gasteiger partial charge < -0.3 is 0 Å². The van der Waals surface area contributed by atoms with Gasteiger partial charge in [0.15, 0.2) is 0 Å². The molecule has 0 aliphatic heterocycles. The van der Waals surface area contributed by atoms with Crippen LogP contribution in [0.4, 0.5) is 0 Å². The van der Waals surface area contributed by atoms with E-state index in [0.29, 0.717) is 0 Å². The minimum absolute atomic E-state index is 1.05. The first-order valence-electron chi connectivity index (χ1n) is 4.15. The van der Waals surface area contributed by atoms with E-state index in [4.69, 9.17) is 0 Å². The van der Waals surface area contributed by atoms with Crippen LogP contribution in [-0.2, 0) is 6.42 Å². The van der Waals surface area contributed by atoms with Crippen LogP contribution in [-0.4, -0.2) is 4.98 Å². The molecule has 0 aliphatic carbocycles. The van der Waals surface area contributed by atoms with Gasteiger partial charge in [-0.25, -0.2) is 0 Å². The van der Waals surface area contributed by atoms with Crippen molar-refractivity contribution in [3.8, 4) is 0 Å². The third kappa shape index (κ3) is 3.15. The molecule has 12 heavy (non-hydrogen) atoms. The molecule has 0 unspecified atom stereocenters. The van der Waals surface area contributed by atoms with Crippen LogP contribution in [0, 0.1) is 0 Å². The first-order valence-corrected chi connectivity index (χ1v) is 4.15. The average molecular weight is 159 g/mol. The predicted octanol–water partition coefficient (Wildman–Crippen LogP) is 2.77. The summed E-state index contributed by atoms with van der Waals surface area (Å²) in [6, 6.07) is 12.1. The van der Waals surface area contributed by atoms with E-state index in [1.165, 1.54) is 5.56 Å². The maximum Gasteiger partial charge on any atom is 0.0267 e. The number of rotatable bonds is 1. The van der Waals surface area contributed by atoms with E-state index in [9.17, 15) is 0 Å². The molecule has 0 bridgehead atoms. The molecule has 0 spiro atoms. The van der Waals surface area contributed by atoms with Gasteiger partial charge >= 0.3 is 0 Å². The fraction of sp³-hybridized carbons (Fsp3) is 0.182. The summed E-state index contributed by atoms with van der Waals surface area (Å²) in [4.78, 5) is 4.03. The molecule has 0 atom stereocenters. The van der Waals surface area contributed by atoms with Crippen LogP contribution in [0.15, 0.2) is 48.8 Å². The lowest BCUT2D eigenvalue weighted by Gasteiger charge is -1.87. The molecule has 0 aliphatic rings. The molecule has 0 saturated heterocycles. The second-order valence-corrected chi connectivity index (χ2v) is 2.48. The second kappa shape index (κ2) is 5.30. The predicted molar refractivity (Wildman–Crippen MR) is 51.2 cm³/mol. The van der Waals surface area contributed by atoms with Crippen molar-refractivity contribution in [2.45, 2.75) is 13.3 Å². The van der Waals surface area contributed by atoms with Crippen LogP contribution in [0.25, 0.3) is 0 Å². The highest BCUT2D eigenvalue weighted by Gasteiger charge is 1.78. The fourth-order valence-corrected chi connectivity index (χ4v) is 0.900. The standard InChI is InChI=1S/C11H13N/c1-2-11-7-4-3-5-9-12-10-6-8-11/h3-10H,2H2,1H3. The zero-order chi connectivity index (χ0) is 8.65. The van der Waals surface area contributed by atoms with Crippen LogP contribution in [0.1, 0.15) is 12.5 Å². The summed E-state index contributed by atoms with van der Waals surface area (Å²) in [5, 5.41) is 0. The summed E-state index contributed by atoms with van der Waals surface area (Å²) in [5.41, 5.74) is 1.31. The molecule has 0 N–H and O–H groups in total. The quantitative estimate of drug-likeness (QED) is 0.614. The lowest BCUT2D eigenvalue weighted by molar-refractivity contribution is 1.14. The molecular formula is C11H13N. The molecule has 1 heterocycles. The van der Waals surface area contributed by atoms with Gasteiger partial charge in [0.1, 0.15) is 0 Å². The molecule has 62 valence electrons. The van der Waals surface area contributed by atoms with Gasteiger partial charge in [0.2, 0.25) is 0 Å². The van der Waals surface area contributed by atoms with Crippen LogP contribution < -0.4 is 0 Å². The zero-order valence-electron chi connectivity index (χ0n) is 7.27. The van der Waals surface area contributed by atoms with Crippen LogP contribution in [0.5, 0.6) is 0 Å². The first-order chi connectivity index (χ1) is 5.93. The van der Waals surface area contributed by atoms with Crippen molar-refractivity contribution in [2.24, 2.45) is 0 Å².